The summed E-state index contributed by atoms with van der Waals surface area (Å²) in [7, 11) is 0. The van der Waals surface area contributed by atoms with Gasteiger partial charge in [0.05, 0.1) is 18.4 Å². The van der Waals surface area contributed by atoms with Crippen molar-refractivity contribution in [2.75, 3.05) is 11.9 Å². The number of hydrogen-bond donors (Lipinski definition) is 2. The first-order valence-corrected chi connectivity index (χ1v) is 12.3. The number of rotatable bonds is 6. The second-order valence-corrected chi connectivity index (χ2v) is 10.8. The number of carbonyl (C=O) groups is 3. The van der Waals surface area contributed by atoms with Crippen LogP contribution in [0, 0.1) is 18.8 Å². The van der Waals surface area contributed by atoms with Crippen molar-refractivity contribution in [3.8, 4) is 11.1 Å². The van der Waals surface area contributed by atoms with E-state index in [2.05, 4.69) is 38.2 Å². The number of aryl methyl sites for hydroxylation is 1. The third kappa shape index (κ3) is 5.46. The molecule has 2 N–H and O–H groups in total. The van der Waals surface area contributed by atoms with Gasteiger partial charge in [0.2, 0.25) is 5.91 Å². The zero-order chi connectivity index (χ0) is 24.3. The van der Waals surface area contributed by atoms with Crippen molar-refractivity contribution in [1.82, 2.24) is 0 Å². The van der Waals surface area contributed by atoms with Gasteiger partial charge in [-0.25, -0.2) is 4.79 Å². The summed E-state index contributed by atoms with van der Waals surface area (Å²) in [6.45, 7) is 10.3. The molecule has 0 radical (unpaired) electrons. The quantitative estimate of drug-likeness (QED) is 0.502. The lowest BCUT2D eigenvalue weighted by Gasteiger charge is -2.27. The number of ether oxygens (including phenoxy) is 1. The van der Waals surface area contributed by atoms with Crippen LogP contribution in [0.2, 0.25) is 0 Å². The summed E-state index contributed by atoms with van der Waals surface area (Å²) >= 11 is 1.32. The van der Waals surface area contributed by atoms with E-state index in [1.54, 1.807) is 6.92 Å². The molecule has 3 rings (SSSR count). The number of benzene rings is 1. The Hall–Kier alpha value is -2.67. The lowest BCUT2D eigenvalue weighted by molar-refractivity contribution is -0.147. The molecule has 0 spiro atoms. The van der Waals surface area contributed by atoms with E-state index in [1.807, 2.05) is 19.1 Å². The molecule has 0 bridgehead atoms. The summed E-state index contributed by atoms with van der Waals surface area (Å²) in [6, 6.07) is 8.09. The van der Waals surface area contributed by atoms with E-state index in [9.17, 15) is 19.5 Å². The minimum atomic E-state index is -0.942. The summed E-state index contributed by atoms with van der Waals surface area (Å²) in [6.07, 6.45) is 2.65. The van der Waals surface area contributed by atoms with Crippen molar-refractivity contribution in [1.29, 1.82) is 0 Å². The first kappa shape index (κ1) is 25.0. The van der Waals surface area contributed by atoms with Gasteiger partial charge in [-0.1, -0.05) is 57.9 Å². The van der Waals surface area contributed by atoms with Crippen molar-refractivity contribution >= 4 is 34.2 Å². The van der Waals surface area contributed by atoms with E-state index in [1.165, 1.54) is 16.9 Å². The maximum atomic E-state index is 13.1. The molecule has 33 heavy (non-hydrogen) atoms. The van der Waals surface area contributed by atoms with E-state index in [0.29, 0.717) is 23.4 Å². The van der Waals surface area contributed by atoms with Crippen molar-refractivity contribution in [3.63, 3.8) is 0 Å². The van der Waals surface area contributed by atoms with Gasteiger partial charge in [0, 0.05) is 10.4 Å². The van der Waals surface area contributed by atoms with Crippen LogP contribution in [-0.4, -0.2) is 29.6 Å². The lowest BCUT2D eigenvalue weighted by atomic mass is 9.78. The molecule has 1 amide bonds. The number of carboxylic acid groups (broad SMARTS) is 1. The topological polar surface area (TPSA) is 92.7 Å². The summed E-state index contributed by atoms with van der Waals surface area (Å²) in [4.78, 5) is 38.6. The number of amides is 1. The molecule has 0 saturated heterocycles. The van der Waals surface area contributed by atoms with Gasteiger partial charge in [0.1, 0.15) is 10.6 Å². The number of carboxylic acids is 1. The Kier molecular flexibility index (Phi) is 7.62. The van der Waals surface area contributed by atoms with E-state index in [-0.39, 0.29) is 17.9 Å². The van der Waals surface area contributed by atoms with Gasteiger partial charge in [-0.3, -0.25) is 9.59 Å². The molecule has 1 aromatic heterocycles. The fraction of sp³-hybridized carbons (Fsp3) is 0.500. The second kappa shape index (κ2) is 10.1. The van der Waals surface area contributed by atoms with Crippen LogP contribution >= 0.6 is 11.3 Å². The monoisotopic (exact) mass is 471 g/mol. The minimum Gasteiger partial charge on any atom is -0.481 e. The van der Waals surface area contributed by atoms with E-state index in [4.69, 9.17) is 4.74 Å². The number of hydrogen-bond acceptors (Lipinski definition) is 5. The average Bonchev–Trinajstić information content (AvgIpc) is 3.08. The van der Waals surface area contributed by atoms with Crippen LogP contribution in [-0.2, 0) is 19.7 Å². The van der Waals surface area contributed by atoms with Crippen LogP contribution < -0.4 is 5.32 Å². The van der Waals surface area contributed by atoms with Gasteiger partial charge >= 0.3 is 11.9 Å². The predicted molar refractivity (Wildman–Crippen MR) is 131 cm³/mol. The van der Waals surface area contributed by atoms with Gasteiger partial charge in [0.15, 0.2) is 0 Å². The van der Waals surface area contributed by atoms with E-state index < -0.39 is 23.8 Å². The molecule has 0 aliphatic heterocycles. The zero-order valence-electron chi connectivity index (χ0n) is 20.0. The Labute approximate surface area is 199 Å². The molecule has 6 nitrogen and oxygen atoms in total. The molecular formula is C26H33NO5S. The Morgan fingerprint density at radius 3 is 2.24 bits per heavy atom. The molecule has 0 unspecified atom stereocenters. The fourth-order valence-corrected chi connectivity index (χ4v) is 5.53. The maximum Gasteiger partial charge on any atom is 0.341 e. The molecule has 2 aromatic rings. The number of nitrogens with one attached hydrogen (secondary N) is 1. The molecule has 1 fully saturated rings. The molecule has 1 aliphatic carbocycles. The SMILES string of the molecule is CCOC(=O)c1c(NC(=O)[C@H]2CCCC[C@@H]2C(=O)O)sc(C)c1-c1ccc(C(C)(C)C)cc1. The average molecular weight is 472 g/mol. The summed E-state index contributed by atoms with van der Waals surface area (Å²) in [5.41, 5.74) is 3.14. The lowest BCUT2D eigenvalue weighted by Crippen LogP contribution is -2.36. The molecule has 1 saturated carbocycles. The molecule has 178 valence electrons. The Morgan fingerprint density at radius 2 is 1.70 bits per heavy atom. The second-order valence-electron chi connectivity index (χ2n) is 9.61. The Morgan fingerprint density at radius 1 is 1.09 bits per heavy atom. The van der Waals surface area contributed by atoms with Crippen LogP contribution in [0.3, 0.4) is 0 Å². The third-order valence-electron chi connectivity index (χ3n) is 6.26. The highest BCUT2D eigenvalue weighted by molar-refractivity contribution is 7.17. The van der Waals surface area contributed by atoms with Crippen molar-refractivity contribution in [2.24, 2.45) is 11.8 Å². The van der Waals surface area contributed by atoms with Gasteiger partial charge in [0.25, 0.3) is 0 Å². The number of anilines is 1. The largest absolute Gasteiger partial charge is 0.481 e. The van der Waals surface area contributed by atoms with E-state index in [0.717, 1.165) is 28.8 Å². The predicted octanol–water partition coefficient (Wildman–Crippen LogP) is 6.03. The summed E-state index contributed by atoms with van der Waals surface area (Å²) in [5.74, 6) is -3.09. The van der Waals surface area contributed by atoms with Crippen LogP contribution in [0.25, 0.3) is 11.1 Å². The Bertz CT molecular complexity index is 1030. The Balaban J connectivity index is 2.00. The first-order chi connectivity index (χ1) is 15.5. The van der Waals surface area contributed by atoms with Gasteiger partial charge in [-0.15, -0.1) is 11.3 Å². The smallest absolute Gasteiger partial charge is 0.341 e. The standard InChI is InChI=1S/C26H33NO5S/c1-6-32-25(31)21-20(16-11-13-17(14-12-16)26(3,4)5)15(2)33-23(21)27-22(28)18-9-7-8-10-19(18)24(29)30/h11-14,18-19H,6-10H2,1-5H3,(H,27,28)(H,29,30)/t18-,19-/m0/s1. The van der Waals surface area contributed by atoms with Gasteiger partial charge in [-0.05, 0) is 43.2 Å². The fourth-order valence-electron chi connectivity index (χ4n) is 4.46. The van der Waals surface area contributed by atoms with Crippen LogP contribution in [0.15, 0.2) is 24.3 Å². The van der Waals surface area contributed by atoms with Crippen LogP contribution in [0.5, 0.6) is 0 Å². The summed E-state index contributed by atoms with van der Waals surface area (Å²) in [5, 5.41) is 12.9. The number of esters is 1. The first-order valence-electron chi connectivity index (χ1n) is 11.5. The number of aliphatic carboxylic acids is 1. The van der Waals surface area contributed by atoms with Crippen molar-refractivity contribution in [2.45, 2.75) is 65.7 Å². The normalized spacial score (nSPS) is 18.6. The van der Waals surface area contributed by atoms with E-state index >= 15 is 0 Å². The number of carbonyl (C=O) groups excluding carboxylic acids is 2. The highest BCUT2D eigenvalue weighted by Crippen LogP contribution is 2.42. The molecule has 1 aromatic carbocycles. The summed E-state index contributed by atoms with van der Waals surface area (Å²) < 4.78 is 5.33. The minimum absolute atomic E-state index is 0.00596. The van der Waals surface area contributed by atoms with Crippen LogP contribution in [0.1, 0.15) is 74.2 Å². The molecular weight excluding hydrogens is 438 g/mol. The third-order valence-corrected chi connectivity index (χ3v) is 7.28. The zero-order valence-corrected chi connectivity index (χ0v) is 20.8. The van der Waals surface area contributed by atoms with Gasteiger partial charge in [-0.2, -0.15) is 0 Å². The molecule has 7 heteroatoms. The molecule has 1 aliphatic rings. The molecule has 1 heterocycles. The van der Waals surface area contributed by atoms with Crippen LogP contribution in [0.4, 0.5) is 5.00 Å². The highest BCUT2D eigenvalue weighted by atomic mass is 32.1. The van der Waals surface area contributed by atoms with Crippen molar-refractivity contribution < 1.29 is 24.2 Å². The van der Waals surface area contributed by atoms with Crippen molar-refractivity contribution in [3.05, 3.63) is 40.3 Å². The maximum absolute atomic E-state index is 13.1. The highest BCUT2D eigenvalue weighted by Gasteiger charge is 2.37. The molecule has 2 atom stereocenters. The van der Waals surface area contributed by atoms with Gasteiger partial charge < -0.3 is 15.2 Å². The number of thiophene rings is 1.